The van der Waals surface area contributed by atoms with Gasteiger partial charge in [0.1, 0.15) is 5.76 Å². The summed E-state index contributed by atoms with van der Waals surface area (Å²) in [6.07, 6.45) is 0.730. The molecular formula is C17H19NO3. The number of aryl methyl sites for hydroxylation is 2. The van der Waals surface area contributed by atoms with Crippen molar-refractivity contribution in [3.05, 3.63) is 58.5 Å². The molecule has 1 aromatic heterocycles. The van der Waals surface area contributed by atoms with Crippen molar-refractivity contribution in [3.8, 4) is 0 Å². The molecule has 2 atom stereocenters. The minimum absolute atomic E-state index is 0.270. The van der Waals surface area contributed by atoms with Crippen molar-refractivity contribution in [3.63, 3.8) is 0 Å². The molecule has 2 N–H and O–H groups in total. The first-order valence-corrected chi connectivity index (χ1v) is 7.26. The van der Waals surface area contributed by atoms with Crippen molar-refractivity contribution in [2.45, 2.75) is 38.8 Å². The van der Waals surface area contributed by atoms with Crippen LogP contribution in [0.25, 0.3) is 0 Å². The standard InChI is InChI=1S/C17H19NO3/c1-3-12-8-10(2)16(21-12)17(20)18-15-13-7-5-4-6-11(13)9-14(15)19/h4-8,14-15,19H,3,9H2,1-2H3,(H,18,20)/t14-,15+/m0/s1. The first kappa shape index (κ1) is 13.9. The van der Waals surface area contributed by atoms with Gasteiger partial charge in [0.25, 0.3) is 5.91 Å². The highest BCUT2D eigenvalue weighted by Crippen LogP contribution is 2.31. The molecule has 0 fully saturated rings. The van der Waals surface area contributed by atoms with Gasteiger partial charge in [-0.05, 0) is 24.1 Å². The average molecular weight is 285 g/mol. The lowest BCUT2D eigenvalue weighted by molar-refractivity contribution is 0.0829. The topological polar surface area (TPSA) is 62.5 Å². The summed E-state index contributed by atoms with van der Waals surface area (Å²) < 4.78 is 5.57. The summed E-state index contributed by atoms with van der Waals surface area (Å²) in [7, 11) is 0. The SMILES string of the molecule is CCc1cc(C)c(C(=O)N[C@@H]2c3ccccc3C[C@@H]2O)o1. The van der Waals surface area contributed by atoms with E-state index in [0.717, 1.165) is 28.9 Å². The van der Waals surface area contributed by atoms with E-state index in [1.165, 1.54) is 0 Å². The molecule has 0 bridgehead atoms. The normalized spacial score (nSPS) is 20.3. The van der Waals surface area contributed by atoms with E-state index in [9.17, 15) is 9.90 Å². The maximum absolute atomic E-state index is 12.4. The Bertz CT molecular complexity index is 674. The summed E-state index contributed by atoms with van der Waals surface area (Å²) in [5, 5.41) is 13.1. The van der Waals surface area contributed by atoms with E-state index in [2.05, 4.69) is 5.32 Å². The second-order valence-electron chi connectivity index (χ2n) is 5.50. The maximum atomic E-state index is 12.4. The van der Waals surface area contributed by atoms with Crippen molar-refractivity contribution in [2.75, 3.05) is 0 Å². The highest BCUT2D eigenvalue weighted by molar-refractivity contribution is 5.93. The number of furan rings is 1. The highest BCUT2D eigenvalue weighted by Gasteiger charge is 2.32. The molecule has 0 unspecified atom stereocenters. The first-order valence-electron chi connectivity index (χ1n) is 7.26. The van der Waals surface area contributed by atoms with Crippen LogP contribution in [0.4, 0.5) is 0 Å². The molecule has 4 nitrogen and oxygen atoms in total. The number of amides is 1. The number of aliphatic hydroxyl groups excluding tert-OH is 1. The number of benzene rings is 1. The van der Waals surface area contributed by atoms with Crippen LogP contribution in [0.2, 0.25) is 0 Å². The van der Waals surface area contributed by atoms with Crippen molar-refractivity contribution in [1.29, 1.82) is 0 Å². The molecule has 1 aliphatic carbocycles. The Labute approximate surface area is 123 Å². The molecule has 21 heavy (non-hydrogen) atoms. The van der Waals surface area contributed by atoms with Crippen molar-refractivity contribution < 1.29 is 14.3 Å². The quantitative estimate of drug-likeness (QED) is 0.911. The van der Waals surface area contributed by atoms with Gasteiger partial charge >= 0.3 is 0 Å². The van der Waals surface area contributed by atoms with Gasteiger partial charge in [-0.2, -0.15) is 0 Å². The third-order valence-electron chi connectivity index (χ3n) is 4.01. The number of carbonyl (C=O) groups excluding carboxylic acids is 1. The van der Waals surface area contributed by atoms with Gasteiger partial charge in [0.15, 0.2) is 5.76 Å². The van der Waals surface area contributed by atoms with Gasteiger partial charge in [0.05, 0.1) is 12.1 Å². The van der Waals surface area contributed by atoms with Gasteiger partial charge in [-0.25, -0.2) is 0 Å². The summed E-state index contributed by atoms with van der Waals surface area (Å²) >= 11 is 0. The smallest absolute Gasteiger partial charge is 0.287 e. The van der Waals surface area contributed by atoms with Crippen LogP contribution in [0.15, 0.2) is 34.7 Å². The molecule has 1 aromatic carbocycles. The minimum atomic E-state index is -0.590. The molecule has 1 aliphatic rings. The fourth-order valence-electron chi connectivity index (χ4n) is 2.90. The largest absolute Gasteiger partial charge is 0.456 e. The van der Waals surface area contributed by atoms with Crippen molar-refractivity contribution in [2.24, 2.45) is 0 Å². The predicted octanol–water partition coefficient (Wildman–Crippen LogP) is 2.54. The number of nitrogens with one attached hydrogen (secondary N) is 1. The van der Waals surface area contributed by atoms with Crippen molar-refractivity contribution in [1.82, 2.24) is 5.32 Å². The summed E-state index contributed by atoms with van der Waals surface area (Å²) in [6.45, 7) is 3.84. The van der Waals surface area contributed by atoms with Crippen LogP contribution in [-0.2, 0) is 12.8 Å². The molecule has 0 saturated heterocycles. The van der Waals surface area contributed by atoms with E-state index in [1.54, 1.807) is 0 Å². The van der Waals surface area contributed by atoms with Crippen LogP contribution >= 0.6 is 0 Å². The lowest BCUT2D eigenvalue weighted by atomic mass is 10.1. The Morgan fingerprint density at radius 2 is 2.19 bits per heavy atom. The molecule has 4 heteroatoms. The maximum Gasteiger partial charge on any atom is 0.287 e. The molecule has 0 aliphatic heterocycles. The third-order valence-corrected chi connectivity index (χ3v) is 4.01. The first-order chi connectivity index (χ1) is 10.1. The van der Waals surface area contributed by atoms with E-state index < -0.39 is 6.10 Å². The zero-order valence-electron chi connectivity index (χ0n) is 12.2. The summed E-state index contributed by atoms with van der Waals surface area (Å²) in [6, 6.07) is 9.31. The summed E-state index contributed by atoms with van der Waals surface area (Å²) in [4.78, 5) is 12.4. The zero-order chi connectivity index (χ0) is 15.0. The van der Waals surface area contributed by atoms with Gasteiger partial charge in [-0.15, -0.1) is 0 Å². The molecular weight excluding hydrogens is 266 g/mol. The van der Waals surface area contributed by atoms with Crippen LogP contribution in [0, 0.1) is 6.92 Å². The fourth-order valence-corrected chi connectivity index (χ4v) is 2.90. The predicted molar refractivity (Wildman–Crippen MR) is 79.2 cm³/mol. The molecule has 0 saturated carbocycles. The van der Waals surface area contributed by atoms with Gasteiger partial charge < -0.3 is 14.8 Å². The Kier molecular flexibility index (Phi) is 3.55. The number of rotatable bonds is 3. The Hall–Kier alpha value is -2.07. The van der Waals surface area contributed by atoms with E-state index in [4.69, 9.17) is 4.42 Å². The van der Waals surface area contributed by atoms with E-state index in [-0.39, 0.29) is 11.9 Å². The second kappa shape index (κ2) is 5.37. The van der Waals surface area contributed by atoms with E-state index in [0.29, 0.717) is 12.2 Å². The van der Waals surface area contributed by atoms with E-state index >= 15 is 0 Å². The zero-order valence-corrected chi connectivity index (χ0v) is 12.2. The average Bonchev–Trinajstić information content (AvgIpc) is 3.00. The number of hydrogen-bond donors (Lipinski definition) is 2. The van der Waals surface area contributed by atoms with E-state index in [1.807, 2.05) is 44.2 Å². The molecule has 1 amide bonds. The van der Waals surface area contributed by atoms with Gasteiger partial charge in [0, 0.05) is 18.4 Å². The van der Waals surface area contributed by atoms with Crippen LogP contribution in [0.1, 0.15) is 46.0 Å². The molecule has 0 spiro atoms. The number of hydrogen-bond acceptors (Lipinski definition) is 3. The lowest BCUT2D eigenvalue weighted by Crippen LogP contribution is -2.33. The molecule has 1 heterocycles. The van der Waals surface area contributed by atoms with Gasteiger partial charge in [-0.3, -0.25) is 4.79 Å². The second-order valence-corrected chi connectivity index (χ2v) is 5.50. The highest BCUT2D eigenvalue weighted by atomic mass is 16.4. The van der Waals surface area contributed by atoms with Crippen LogP contribution < -0.4 is 5.32 Å². The van der Waals surface area contributed by atoms with Crippen LogP contribution in [-0.4, -0.2) is 17.1 Å². The Morgan fingerprint density at radius 3 is 2.90 bits per heavy atom. The molecule has 110 valence electrons. The number of carbonyl (C=O) groups is 1. The Balaban J connectivity index is 1.83. The van der Waals surface area contributed by atoms with Gasteiger partial charge in [-0.1, -0.05) is 31.2 Å². The van der Waals surface area contributed by atoms with Gasteiger partial charge in [0.2, 0.25) is 0 Å². The Morgan fingerprint density at radius 1 is 1.43 bits per heavy atom. The number of fused-ring (bicyclic) bond motifs is 1. The summed E-state index contributed by atoms with van der Waals surface area (Å²) in [5.74, 6) is 0.862. The van der Waals surface area contributed by atoms with Crippen molar-refractivity contribution >= 4 is 5.91 Å². The molecule has 3 rings (SSSR count). The van der Waals surface area contributed by atoms with Crippen LogP contribution in [0.3, 0.4) is 0 Å². The fraction of sp³-hybridized carbons (Fsp3) is 0.353. The lowest BCUT2D eigenvalue weighted by Gasteiger charge is -2.17. The third kappa shape index (κ3) is 2.47. The minimum Gasteiger partial charge on any atom is -0.456 e. The summed E-state index contributed by atoms with van der Waals surface area (Å²) in [5.41, 5.74) is 2.89. The monoisotopic (exact) mass is 285 g/mol. The molecule has 2 aromatic rings. The van der Waals surface area contributed by atoms with Crippen LogP contribution in [0.5, 0.6) is 0 Å². The molecule has 0 radical (unpaired) electrons. The number of aliphatic hydroxyl groups is 1.